The van der Waals surface area contributed by atoms with Gasteiger partial charge in [-0.2, -0.15) is 0 Å². The van der Waals surface area contributed by atoms with Crippen LogP contribution in [-0.2, 0) is 14.3 Å². The van der Waals surface area contributed by atoms with Gasteiger partial charge in [-0.05, 0) is 30.9 Å². The summed E-state index contributed by atoms with van der Waals surface area (Å²) in [6, 6.07) is 18.3. The fourth-order valence-electron chi connectivity index (χ4n) is 3.47. The molecule has 0 spiro atoms. The third kappa shape index (κ3) is 8.08. The fraction of sp³-hybridized carbons (Fsp3) is 0.333. The Labute approximate surface area is 213 Å². The summed E-state index contributed by atoms with van der Waals surface area (Å²) in [5, 5.41) is 18.9. The number of hydrogen-bond donors (Lipinski definition) is 2. The summed E-state index contributed by atoms with van der Waals surface area (Å²) in [7, 11) is 0. The molecule has 2 atom stereocenters. The summed E-state index contributed by atoms with van der Waals surface area (Å²) in [5.74, 6) is -2.50. The van der Waals surface area contributed by atoms with Gasteiger partial charge in [0.15, 0.2) is 9.21 Å². The Hall–Kier alpha value is -2.48. The monoisotopic (exact) mass is 528 g/mol. The number of hydrogen-bond acceptors (Lipinski definition) is 4. The maximum absolute atomic E-state index is 12.8. The number of benzene rings is 2. The second-order valence-corrected chi connectivity index (χ2v) is 10.3. The van der Waals surface area contributed by atoms with Gasteiger partial charge in [-0.15, -0.1) is 0 Å². The number of amides is 1. The number of ether oxygens (including phenoxy) is 1. The normalized spacial score (nSPS) is 18.8. The van der Waals surface area contributed by atoms with E-state index in [2.05, 4.69) is 6.92 Å². The van der Waals surface area contributed by atoms with Crippen molar-refractivity contribution in [2.24, 2.45) is 5.41 Å². The van der Waals surface area contributed by atoms with Crippen LogP contribution in [0.5, 0.6) is 0 Å². The first kappa shape index (κ1) is 27.8. The Bertz CT molecular complexity index is 968. The van der Waals surface area contributed by atoms with Crippen LogP contribution in [0.4, 0.5) is 4.79 Å². The molecule has 34 heavy (non-hydrogen) atoms. The number of carbonyl (C=O) groups excluding carboxylic acids is 1. The second-order valence-electron chi connectivity index (χ2n) is 7.80. The minimum absolute atomic E-state index is 0.0414. The van der Waals surface area contributed by atoms with E-state index in [0.717, 1.165) is 10.5 Å². The van der Waals surface area contributed by atoms with Crippen molar-refractivity contribution < 1.29 is 29.3 Å². The van der Waals surface area contributed by atoms with Gasteiger partial charge in [0.05, 0.1) is 6.54 Å². The molecule has 1 amide bonds. The highest BCUT2D eigenvalue weighted by Crippen LogP contribution is 2.40. The summed E-state index contributed by atoms with van der Waals surface area (Å²) in [5.41, 5.74) is -0.400. The first-order chi connectivity index (χ1) is 15.9. The van der Waals surface area contributed by atoms with Gasteiger partial charge in [-0.1, -0.05) is 95.5 Å². The molecule has 1 saturated heterocycles. The van der Waals surface area contributed by atoms with Crippen molar-refractivity contribution in [2.75, 3.05) is 13.1 Å². The number of halogens is 3. The van der Waals surface area contributed by atoms with Crippen LogP contribution in [0.3, 0.4) is 0 Å². The van der Waals surface area contributed by atoms with Crippen molar-refractivity contribution in [3.8, 4) is 0 Å². The molecule has 1 aliphatic heterocycles. The zero-order valence-electron chi connectivity index (χ0n) is 18.2. The Morgan fingerprint density at radius 3 is 2.03 bits per heavy atom. The molecule has 0 aliphatic carbocycles. The minimum Gasteiger partial charge on any atom is -0.480 e. The molecule has 1 fully saturated rings. The van der Waals surface area contributed by atoms with Gasteiger partial charge in [0.25, 0.3) is 0 Å². The average molecular weight is 530 g/mol. The molecule has 2 aromatic carbocycles. The van der Waals surface area contributed by atoms with Gasteiger partial charge in [0.1, 0.15) is 6.10 Å². The topological polar surface area (TPSA) is 104 Å². The van der Waals surface area contributed by atoms with Gasteiger partial charge in [-0.3, -0.25) is 9.59 Å². The predicted octanol–water partition coefficient (Wildman–Crippen LogP) is 5.74. The molecular weight excluding hydrogens is 505 g/mol. The van der Waals surface area contributed by atoms with Crippen molar-refractivity contribution in [2.45, 2.75) is 29.2 Å². The van der Waals surface area contributed by atoms with E-state index in [1.54, 1.807) is 30.3 Å². The van der Waals surface area contributed by atoms with Crippen LogP contribution in [0, 0.1) is 12.3 Å². The number of esters is 1. The van der Waals surface area contributed by atoms with Crippen LogP contribution in [0.2, 0.25) is 0 Å². The third-order valence-electron chi connectivity index (χ3n) is 5.24. The summed E-state index contributed by atoms with van der Waals surface area (Å²) in [6.07, 6.45) is -2.31. The summed E-state index contributed by atoms with van der Waals surface area (Å²) in [6.45, 7) is 3.37. The van der Waals surface area contributed by atoms with E-state index < -0.39 is 39.9 Å². The average Bonchev–Trinajstić information content (AvgIpc) is 2.79. The highest BCUT2D eigenvalue weighted by molar-refractivity contribution is 6.67. The molecular formula is C24H25Cl3NO6. The van der Waals surface area contributed by atoms with E-state index in [0.29, 0.717) is 5.56 Å². The smallest absolute Gasteiger partial charge is 0.407 e. The van der Waals surface area contributed by atoms with Gasteiger partial charge in [-0.25, -0.2) is 4.79 Å². The van der Waals surface area contributed by atoms with Crippen molar-refractivity contribution in [1.82, 2.24) is 4.90 Å². The number of rotatable bonds is 5. The maximum Gasteiger partial charge on any atom is 0.407 e. The number of carboxylic acid groups (broad SMARTS) is 2. The van der Waals surface area contributed by atoms with Crippen molar-refractivity contribution in [3.05, 3.63) is 78.7 Å². The van der Waals surface area contributed by atoms with Gasteiger partial charge < -0.3 is 19.8 Å². The molecule has 2 unspecified atom stereocenters. The van der Waals surface area contributed by atoms with Gasteiger partial charge in [0, 0.05) is 13.0 Å². The summed E-state index contributed by atoms with van der Waals surface area (Å²) < 4.78 is 3.71. The lowest BCUT2D eigenvalue weighted by Gasteiger charge is -2.37. The lowest BCUT2D eigenvalue weighted by atomic mass is 9.80. The maximum atomic E-state index is 12.8. The van der Waals surface area contributed by atoms with E-state index in [-0.39, 0.29) is 25.8 Å². The number of aliphatic carboxylic acids is 1. The molecule has 1 radical (unpaired) electrons. The highest BCUT2D eigenvalue weighted by Gasteiger charge is 2.52. The molecule has 1 heterocycles. The quantitative estimate of drug-likeness (QED) is 0.291. The van der Waals surface area contributed by atoms with E-state index >= 15 is 0 Å². The first-order valence-electron chi connectivity index (χ1n) is 10.4. The van der Waals surface area contributed by atoms with E-state index in [9.17, 15) is 24.6 Å². The number of carboxylic acids is 1. The molecule has 1 aliphatic rings. The molecule has 2 aromatic rings. The molecule has 2 N–H and O–H groups in total. The Balaban J connectivity index is 0.000000497. The molecule has 183 valence electrons. The van der Waals surface area contributed by atoms with E-state index in [1.165, 1.54) is 0 Å². The summed E-state index contributed by atoms with van der Waals surface area (Å²) >= 11 is 17.5. The Morgan fingerprint density at radius 2 is 1.59 bits per heavy atom. The Morgan fingerprint density at radius 1 is 1.03 bits per heavy atom. The zero-order chi connectivity index (χ0) is 25.4. The number of alkyl halides is 3. The minimum atomic E-state index is -2.00. The van der Waals surface area contributed by atoms with Crippen LogP contribution in [0.15, 0.2) is 60.7 Å². The fourth-order valence-corrected chi connectivity index (χ4v) is 3.89. The largest absolute Gasteiger partial charge is 0.480 e. The van der Waals surface area contributed by atoms with Crippen LogP contribution in [-0.4, -0.2) is 50.0 Å². The molecule has 0 saturated carbocycles. The molecule has 10 heteroatoms. The van der Waals surface area contributed by atoms with Crippen LogP contribution >= 0.6 is 34.8 Å². The number of carbonyl (C=O) groups is 3. The molecule has 3 rings (SSSR count). The predicted molar refractivity (Wildman–Crippen MR) is 130 cm³/mol. The van der Waals surface area contributed by atoms with Gasteiger partial charge >= 0.3 is 18.0 Å². The van der Waals surface area contributed by atoms with Crippen LogP contribution < -0.4 is 0 Å². The van der Waals surface area contributed by atoms with Crippen molar-refractivity contribution in [1.29, 1.82) is 0 Å². The zero-order valence-corrected chi connectivity index (χ0v) is 20.5. The number of nitrogens with zero attached hydrogens (tertiary/aromatic N) is 1. The van der Waals surface area contributed by atoms with E-state index in [1.807, 2.05) is 30.3 Å². The molecule has 7 nitrogen and oxygen atoms in total. The van der Waals surface area contributed by atoms with Gasteiger partial charge in [0.2, 0.25) is 0 Å². The van der Waals surface area contributed by atoms with Crippen molar-refractivity contribution >= 4 is 52.8 Å². The molecule has 0 aromatic heterocycles. The molecule has 0 bridgehead atoms. The van der Waals surface area contributed by atoms with Crippen LogP contribution in [0.25, 0.3) is 0 Å². The first-order valence-corrected chi connectivity index (χ1v) is 11.5. The standard InChI is InChI=1S/C17H18Cl3NO6.C7H7/c18-17(19,20)9-12(11-5-2-1-3-6-11)27-14(24)16(13(22)23)7-4-8-21(10-16)15(25)26;1-7-5-3-2-4-6-7/h1-3,5-6,12H,4,7-10H2,(H,22,23)(H,25,26);2-6H,1H2. The lowest BCUT2D eigenvalue weighted by Crippen LogP contribution is -2.54. The third-order valence-corrected chi connectivity index (χ3v) is 5.71. The second kappa shape index (κ2) is 12.3. The Kier molecular flexibility index (Phi) is 10.0. The highest BCUT2D eigenvalue weighted by atomic mass is 35.6. The van der Waals surface area contributed by atoms with Crippen molar-refractivity contribution in [3.63, 3.8) is 0 Å². The summed E-state index contributed by atoms with van der Waals surface area (Å²) in [4.78, 5) is 36.9. The number of piperidine rings is 1. The van der Waals surface area contributed by atoms with E-state index in [4.69, 9.17) is 39.5 Å². The SMILES string of the molecule is O=C(O)N1CCCC(C(=O)O)(C(=O)OC(CC(Cl)(Cl)Cl)c2ccccc2)C1.[CH2]c1ccccc1. The lowest BCUT2D eigenvalue weighted by molar-refractivity contribution is -0.176. The van der Waals surface area contributed by atoms with Crippen LogP contribution in [0.1, 0.15) is 36.5 Å². The number of likely N-dealkylation sites (tertiary alicyclic amines) is 1.